The lowest BCUT2D eigenvalue weighted by molar-refractivity contribution is 0.0951. The van der Waals surface area contributed by atoms with E-state index in [1.54, 1.807) is 15.9 Å². The molecule has 1 unspecified atom stereocenters. The van der Waals surface area contributed by atoms with Gasteiger partial charge in [-0.25, -0.2) is 9.67 Å². The Kier molecular flexibility index (Phi) is 8.42. The zero-order chi connectivity index (χ0) is 36.6. The van der Waals surface area contributed by atoms with Gasteiger partial charge in [0.2, 0.25) is 0 Å². The summed E-state index contributed by atoms with van der Waals surface area (Å²) in [6.45, 7) is 10.7. The van der Waals surface area contributed by atoms with Crippen LogP contribution in [0.3, 0.4) is 0 Å². The Balaban J connectivity index is 1.27. The van der Waals surface area contributed by atoms with Crippen LogP contribution in [0.1, 0.15) is 58.0 Å². The third-order valence-corrected chi connectivity index (χ3v) is 11.7. The molecule has 0 aliphatic carbocycles. The first-order valence-electron chi connectivity index (χ1n) is 17.4. The van der Waals surface area contributed by atoms with Gasteiger partial charge in [0.05, 0.1) is 40.8 Å². The summed E-state index contributed by atoms with van der Waals surface area (Å²) in [5.74, 6) is 0.647. The third kappa shape index (κ3) is 5.30. The molecule has 0 saturated carbocycles. The zero-order valence-electron chi connectivity index (χ0n) is 30.3. The van der Waals surface area contributed by atoms with Crippen LogP contribution in [0, 0.1) is 27.7 Å². The number of ether oxygens (including phenoxy) is 1. The van der Waals surface area contributed by atoms with E-state index in [1.165, 1.54) is 6.33 Å². The third-order valence-electron chi connectivity index (χ3n) is 10.5. The van der Waals surface area contributed by atoms with Gasteiger partial charge in [0, 0.05) is 52.9 Å². The van der Waals surface area contributed by atoms with Gasteiger partial charge in [-0.3, -0.25) is 14.4 Å². The number of benzene rings is 3. The van der Waals surface area contributed by atoms with Crippen LogP contribution in [0.2, 0.25) is 5.02 Å². The number of nitrogens with zero attached hydrogens (tertiary/aromatic N) is 8. The lowest BCUT2D eigenvalue weighted by Crippen LogP contribution is -2.47. The first-order chi connectivity index (χ1) is 25.0. The molecule has 7 aromatic rings. The number of aryl methyl sites for hydroxylation is 6. The second kappa shape index (κ2) is 12.9. The van der Waals surface area contributed by atoms with Crippen molar-refractivity contribution in [1.29, 1.82) is 0 Å². The summed E-state index contributed by atoms with van der Waals surface area (Å²) in [4.78, 5) is 21.1. The molecule has 0 spiro atoms. The lowest BCUT2D eigenvalue weighted by atomic mass is 9.98. The summed E-state index contributed by atoms with van der Waals surface area (Å²) in [5, 5.41) is 11.8. The van der Waals surface area contributed by atoms with E-state index in [2.05, 4.69) is 46.7 Å². The minimum atomic E-state index is -0.673. The van der Waals surface area contributed by atoms with Crippen molar-refractivity contribution in [2.45, 2.75) is 59.0 Å². The van der Waals surface area contributed by atoms with Gasteiger partial charge in [0.15, 0.2) is 0 Å². The summed E-state index contributed by atoms with van der Waals surface area (Å²) >= 11 is 13.9. The number of amides is 1. The molecule has 266 valence electrons. The Morgan fingerprint density at radius 2 is 1.75 bits per heavy atom. The highest BCUT2D eigenvalue weighted by Crippen LogP contribution is 2.46. The molecule has 5 heterocycles. The standard InChI is InChI=1S/C40H40Cl2N8O2/c1-22-16-28(17-23(2)36(22)41)52-15-9-12-30-29-10-8-11-31(35-24(3)45-47(7)25(35)4)37(29)49-26(5)39(42)50(40(51)38(30)49)34-19-46(6)33-14-13-27(18-32(33)34)48-21-43-20-44-48/h8,10-11,13-14,16-21,26,39H,9,12,15H2,1-7H3/t26?,39-/m0/s1. The highest BCUT2D eigenvalue weighted by Gasteiger charge is 2.42. The van der Waals surface area contributed by atoms with E-state index in [4.69, 9.17) is 33.0 Å². The van der Waals surface area contributed by atoms with E-state index < -0.39 is 5.50 Å². The van der Waals surface area contributed by atoms with E-state index in [0.29, 0.717) is 25.1 Å². The minimum absolute atomic E-state index is 0.140. The molecule has 2 atom stereocenters. The van der Waals surface area contributed by atoms with Crippen LogP contribution in [0.5, 0.6) is 5.75 Å². The summed E-state index contributed by atoms with van der Waals surface area (Å²) in [5.41, 5.74) is 10.6. The second-order valence-corrected chi connectivity index (χ2v) is 14.7. The van der Waals surface area contributed by atoms with Crippen molar-refractivity contribution in [3.05, 3.63) is 106 Å². The quantitative estimate of drug-likeness (QED) is 0.0885. The fraction of sp³-hybridized carbons (Fsp3) is 0.300. The molecular formula is C40H40Cl2N8O2. The van der Waals surface area contributed by atoms with Crippen molar-refractivity contribution in [3.8, 4) is 22.6 Å². The van der Waals surface area contributed by atoms with Crippen molar-refractivity contribution < 1.29 is 9.53 Å². The number of para-hydroxylation sites is 1. The van der Waals surface area contributed by atoms with Crippen LogP contribution in [0.25, 0.3) is 38.6 Å². The lowest BCUT2D eigenvalue weighted by Gasteiger charge is -2.38. The van der Waals surface area contributed by atoms with E-state index >= 15 is 4.79 Å². The van der Waals surface area contributed by atoms with Crippen molar-refractivity contribution in [2.75, 3.05) is 11.5 Å². The normalized spacial score (nSPS) is 16.0. The molecule has 4 aromatic heterocycles. The highest BCUT2D eigenvalue weighted by molar-refractivity contribution is 6.32. The molecule has 0 N–H and O–H groups in total. The van der Waals surface area contributed by atoms with E-state index in [1.807, 2.05) is 80.6 Å². The number of carbonyl (C=O) groups is 1. The van der Waals surface area contributed by atoms with E-state index in [0.717, 1.165) is 83.2 Å². The minimum Gasteiger partial charge on any atom is -0.494 e. The molecule has 10 nitrogen and oxygen atoms in total. The first kappa shape index (κ1) is 34.0. The van der Waals surface area contributed by atoms with Gasteiger partial charge >= 0.3 is 0 Å². The smallest absolute Gasteiger partial charge is 0.276 e. The van der Waals surface area contributed by atoms with Crippen LogP contribution in [0.15, 0.2) is 67.4 Å². The average Bonchev–Trinajstić information content (AvgIpc) is 3.90. The number of rotatable bonds is 8. The first-order valence-corrected chi connectivity index (χ1v) is 18.2. The van der Waals surface area contributed by atoms with Gasteiger partial charge < -0.3 is 13.9 Å². The Hall–Kier alpha value is -5.06. The maximum absolute atomic E-state index is 15.2. The summed E-state index contributed by atoms with van der Waals surface area (Å²) in [6.07, 6.45) is 6.49. The molecule has 1 amide bonds. The van der Waals surface area contributed by atoms with Crippen molar-refractivity contribution in [2.24, 2.45) is 14.1 Å². The number of carbonyl (C=O) groups excluding carboxylic acids is 1. The molecular weight excluding hydrogens is 695 g/mol. The maximum atomic E-state index is 15.2. The number of hydrogen-bond acceptors (Lipinski definition) is 5. The van der Waals surface area contributed by atoms with Gasteiger partial charge in [-0.1, -0.05) is 41.4 Å². The molecule has 12 heteroatoms. The fourth-order valence-electron chi connectivity index (χ4n) is 7.96. The SMILES string of the molecule is Cc1cc(OCCCc2c3n(c4c(-c5c(C)nn(C)c5C)cccc24)C(C)[C@@H](Cl)N(c2cn(C)c4ccc(-n5cncn5)cc24)C3=O)cc(C)c1Cl. The van der Waals surface area contributed by atoms with Gasteiger partial charge in [-0.2, -0.15) is 10.2 Å². The Morgan fingerprint density at radius 1 is 0.981 bits per heavy atom. The van der Waals surface area contributed by atoms with Crippen LogP contribution < -0.4 is 9.64 Å². The molecule has 1 aliphatic rings. The van der Waals surface area contributed by atoms with Crippen molar-refractivity contribution in [1.82, 2.24) is 33.7 Å². The number of alkyl halides is 1. The predicted molar refractivity (Wildman–Crippen MR) is 207 cm³/mol. The number of fused-ring (bicyclic) bond motifs is 4. The number of aromatic nitrogens is 7. The molecule has 0 radical (unpaired) electrons. The Bertz CT molecular complexity index is 2500. The van der Waals surface area contributed by atoms with Gasteiger partial charge in [0.1, 0.15) is 29.6 Å². The summed E-state index contributed by atoms with van der Waals surface area (Å²) in [7, 11) is 3.95. The van der Waals surface area contributed by atoms with E-state index in [-0.39, 0.29) is 11.9 Å². The van der Waals surface area contributed by atoms with E-state index in [9.17, 15) is 0 Å². The molecule has 52 heavy (non-hydrogen) atoms. The molecule has 0 fully saturated rings. The van der Waals surface area contributed by atoms with Crippen LogP contribution in [0.4, 0.5) is 5.69 Å². The van der Waals surface area contributed by atoms with Gasteiger partial charge in [-0.05, 0) is 94.5 Å². The van der Waals surface area contributed by atoms with Crippen LogP contribution in [-0.2, 0) is 20.5 Å². The van der Waals surface area contributed by atoms with Gasteiger partial charge in [0.25, 0.3) is 5.91 Å². The van der Waals surface area contributed by atoms with Crippen LogP contribution in [-0.4, -0.2) is 51.7 Å². The van der Waals surface area contributed by atoms with Crippen molar-refractivity contribution in [3.63, 3.8) is 0 Å². The molecule has 3 aromatic carbocycles. The van der Waals surface area contributed by atoms with Crippen LogP contribution >= 0.6 is 23.2 Å². The Morgan fingerprint density at radius 3 is 2.44 bits per heavy atom. The molecule has 0 bridgehead atoms. The fourth-order valence-corrected chi connectivity index (χ4v) is 8.38. The average molecular weight is 736 g/mol. The molecule has 1 aliphatic heterocycles. The number of hydrogen-bond donors (Lipinski definition) is 0. The van der Waals surface area contributed by atoms with Gasteiger partial charge in [-0.15, -0.1) is 0 Å². The summed E-state index contributed by atoms with van der Waals surface area (Å²) in [6, 6.07) is 16.1. The monoisotopic (exact) mass is 734 g/mol. The van der Waals surface area contributed by atoms with Crippen molar-refractivity contribution >= 4 is 56.6 Å². The largest absolute Gasteiger partial charge is 0.494 e. The Labute approximate surface area is 312 Å². The number of anilines is 1. The highest BCUT2D eigenvalue weighted by atomic mass is 35.5. The molecule has 0 saturated heterocycles. The zero-order valence-corrected chi connectivity index (χ0v) is 31.8. The summed E-state index contributed by atoms with van der Waals surface area (Å²) < 4.78 is 14.1. The molecule has 8 rings (SSSR count). The predicted octanol–water partition coefficient (Wildman–Crippen LogP) is 8.80. The second-order valence-electron chi connectivity index (χ2n) is 13.8. The number of halogens is 2. The topological polar surface area (TPSA) is 87.9 Å². The maximum Gasteiger partial charge on any atom is 0.276 e.